The van der Waals surface area contributed by atoms with Crippen LogP contribution in [0.15, 0.2) is 36.5 Å². The Bertz CT molecular complexity index is 818. The van der Waals surface area contributed by atoms with E-state index in [-0.39, 0.29) is 32.3 Å². The Hall–Kier alpha value is -1.28. The van der Waals surface area contributed by atoms with E-state index in [0.717, 1.165) is 51.4 Å². The van der Waals surface area contributed by atoms with Crippen molar-refractivity contribution in [3.8, 4) is 0 Å². The zero-order valence-electron chi connectivity index (χ0n) is 30.3. The van der Waals surface area contributed by atoms with Gasteiger partial charge in [0.15, 0.2) is 0 Å². The Kier molecular flexibility index (Phi) is 35.0. The van der Waals surface area contributed by atoms with Crippen LogP contribution in [0.1, 0.15) is 162 Å². The highest BCUT2D eigenvalue weighted by atomic mass is 31.2. The van der Waals surface area contributed by atoms with E-state index >= 15 is 0 Å². The van der Waals surface area contributed by atoms with E-state index in [1.807, 2.05) is 0 Å². The Balaban J connectivity index is 3.93. The summed E-state index contributed by atoms with van der Waals surface area (Å²) in [6.07, 6.45) is 39.0. The Morgan fingerprint density at radius 3 is 1.68 bits per heavy atom. The van der Waals surface area contributed by atoms with Crippen LogP contribution in [-0.2, 0) is 27.9 Å². The van der Waals surface area contributed by atoms with Crippen molar-refractivity contribution in [3.63, 3.8) is 0 Å². The molecule has 0 rings (SSSR count). The zero-order valence-corrected chi connectivity index (χ0v) is 31.2. The quantitative estimate of drug-likeness (QED) is 0.0290. The third-order valence-electron chi connectivity index (χ3n) is 7.81. The average molecular weight is 686 g/mol. The number of hydrogen-bond donors (Lipinski definition) is 2. The maximum Gasteiger partial charge on any atom is 0.472 e. The van der Waals surface area contributed by atoms with Crippen molar-refractivity contribution in [2.24, 2.45) is 5.73 Å². The molecule has 9 heteroatoms. The lowest BCUT2D eigenvalue weighted by Gasteiger charge is -2.20. The molecular formula is C38H72NO7P. The lowest BCUT2D eigenvalue weighted by atomic mass is 10.1. The van der Waals surface area contributed by atoms with Gasteiger partial charge in [-0.1, -0.05) is 140 Å². The fraction of sp³-hybridized carbons (Fsp3) is 0.816. The van der Waals surface area contributed by atoms with E-state index in [1.165, 1.54) is 89.9 Å². The molecule has 0 aromatic carbocycles. The van der Waals surface area contributed by atoms with Gasteiger partial charge < -0.3 is 20.1 Å². The lowest BCUT2D eigenvalue weighted by Crippen LogP contribution is -2.28. The smallest absolute Gasteiger partial charge is 0.457 e. The van der Waals surface area contributed by atoms with Crippen LogP contribution < -0.4 is 5.73 Å². The first-order valence-electron chi connectivity index (χ1n) is 19.0. The number of hydrogen-bond acceptors (Lipinski definition) is 7. The summed E-state index contributed by atoms with van der Waals surface area (Å²) in [6.45, 7) is 4.81. The maximum atomic E-state index is 12.4. The molecule has 276 valence electrons. The van der Waals surface area contributed by atoms with E-state index in [2.05, 4.69) is 50.3 Å². The molecule has 0 radical (unpaired) electrons. The number of nitrogens with two attached hydrogens (primary N) is 1. The molecular weight excluding hydrogens is 613 g/mol. The minimum Gasteiger partial charge on any atom is -0.457 e. The van der Waals surface area contributed by atoms with Gasteiger partial charge in [0, 0.05) is 19.6 Å². The van der Waals surface area contributed by atoms with Gasteiger partial charge in [0.1, 0.15) is 6.10 Å². The molecule has 47 heavy (non-hydrogen) atoms. The highest BCUT2D eigenvalue weighted by molar-refractivity contribution is 7.47. The van der Waals surface area contributed by atoms with Gasteiger partial charge in [-0.25, -0.2) is 4.57 Å². The molecule has 0 amide bonds. The first-order valence-corrected chi connectivity index (χ1v) is 20.5. The van der Waals surface area contributed by atoms with Crippen LogP contribution >= 0.6 is 7.82 Å². The Morgan fingerprint density at radius 1 is 0.638 bits per heavy atom. The van der Waals surface area contributed by atoms with Gasteiger partial charge in [0.2, 0.25) is 0 Å². The maximum absolute atomic E-state index is 12.4. The van der Waals surface area contributed by atoms with Gasteiger partial charge in [-0.3, -0.25) is 13.8 Å². The SMILES string of the molecule is CCCCCCC/C=C\C/C=C\C/C=C\CCCCCCCCCOCC(COP(=O)(O)OCCN)OC(=O)CCCCCCCC. The predicted molar refractivity (Wildman–Crippen MR) is 196 cm³/mol. The van der Waals surface area contributed by atoms with Gasteiger partial charge in [-0.15, -0.1) is 0 Å². The normalized spacial score (nSPS) is 14.0. The summed E-state index contributed by atoms with van der Waals surface area (Å²) in [5.41, 5.74) is 5.33. The van der Waals surface area contributed by atoms with E-state index in [1.54, 1.807) is 0 Å². The molecule has 0 aliphatic carbocycles. The van der Waals surface area contributed by atoms with Crippen LogP contribution in [0.4, 0.5) is 0 Å². The van der Waals surface area contributed by atoms with Gasteiger partial charge in [-0.2, -0.15) is 0 Å². The summed E-state index contributed by atoms with van der Waals surface area (Å²) in [4.78, 5) is 22.2. The summed E-state index contributed by atoms with van der Waals surface area (Å²) in [6, 6.07) is 0. The van der Waals surface area contributed by atoms with Gasteiger partial charge in [0.05, 0.1) is 19.8 Å². The van der Waals surface area contributed by atoms with Crippen molar-refractivity contribution in [1.82, 2.24) is 0 Å². The van der Waals surface area contributed by atoms with E-state index in [0.29, 0.717) is 13.0 Å². The Morgan fingerprint density at radius 2 is 1.13 bits per heavy atom. The molecule has 0 fully saturated rings. The second-order valence-electron chi connectivity index (χ2n) is 12.4. The van der Waals surface area contributed by atoms with Crippen LogP contribution in [-0.4, -0.2) is 49.9 Å². The molecule has 3 N–H and O–H groups in total. The van der Waals surface area contributed by atoms with Crippen LogP contribution in [0.2, 0.25) is 0 Å². The van der Waals surface area contributed by atoms with Crippen molar-refractivity contribution in [3.05, 3.63) is 36.5 Å². The highest BCUT2D eigenvalue weighted by Crippen LogP contribution is 2.43. The zero-order chi connectivity index (χ0) is 34.5. The Labute approximate surface area is 288 Å². The number of rotatable bonds is 36. The van der Waals surface area contributed by atoms with E-state index < -0.39 is 13.9 Å². The topological polar surface area (TPSA) is 117 Å². The largest absolute Gasteiger partial charge is 0.472 e. The number of carbonyl (C=O) groups is 1. The number of phosphoric acid groups is 1. The van der Waals surface area contributed by atoms with Crippen LogP contribution in [0.3, 0.4) is 0 Å². The second kappa shape index (κ2) is 36.0. The second-order valence-corrected chi connectivity index (χ2v) is 13.9. The summed E-state index contributed by atoms with van der Waals surface area (Å²) in [7, 11) is -4.26. The van der Waals surface area contributed by atoms with Crippen molar-refractivity contribution in [1.29, 1.82) is 0 Å². The third kappa shape index (κ3) is 35.8. The van der Waals surface area contributed by atoms with Crippen molar-refractivity contribution < 1.29 is 32.8 Å². The minimum atomic E-state index is -4.26. The van der Waals surface area contributed by atoms with E-state index in [4.69, 9.17) is 24.3 Å². The number of allylic oxidation sites excluding steroid dienone is 6. The fourth-order valence-corrected chi connectivity index (χ4v) is 5.77. The molecule has 0 aliphatic rings. The van der Waals surface area contributed by atoms with Crippen molar-refractivity contribution >= 4 is 13.8 Å². The van der Waals surface area contributed by atoms with Crippen LogP contribution in [0.5, 0.6) is 0 Å². The first-order chi connectivity index (χ1) is 22.9. The van der Waals surface area contributed by atoms with Gasteiger partial charge in [-0.05, 0) is 51.4 Å². The molecule has 0 saturated carbocycles. The van der Waals surface area contributed by atoms with Crippen molar-refractivity contribution in [2.75, 3.05) is 33.0 Å². The molecule has 2 unspecified atom stereocenters. The summed E-state index contributed by atoms with van der Waals surface area (Å²) in [5.74, 6) is -0.345. The number of carbonyl (C=O) groups excluding carboxylic acids is 1. The lowest BCUT2D eigenvalue weighted by molar-refractivity contribution is -0.154. The number of ether oxygens (including phenoxy) is 2. The fourth-order valence-electron chi connectivity index (χ4n) is 5.00. The average Bonchev–Trinajstić information content (AvgIpc) is 3.06. The minimum absolute atomic E-state index is 0.0978. The van der Waals surface area contributed by atoms with Gasteiger partial charge >= 0.3 is 13.8 Å². The number of esters is 1. The summed E-state index contributed by atoms with van der Waals surface area (Å²) >= 11 is 0. The third-order valence-corrected chi connectivity index (χ3v) is 8.79. The van der Waals surface area contributed by atoms with Crippen LogP contribution in [0, 0.1) is 0 Å². The molecule has 0 saturated heterocycles. The summed E-state index contributed by atoms with van der Waals surface area (Å²) in [5, 5.41) is 0. The van der Waals surface area contributed by atoms with Crippen molar-refractivity contribution in [2.45, 2.75) is 168 Å². The molecule has 0 bridgehead atoms. The molecule has 2 atom stereocenters. The highest BCUT2D eigenvalue weighted by Gasteiger charge is 2.25. The molecule has 0 heterocycles. The number of unbranched alkanes of at least 4 members (excludes halogenated alkanes) is 17. The standard InChI is InChI=1S/C38H72NO7P/c1-3-5-7-9-11-12-13-14-15-16-17-18-19-20-21-22-23-24-25-26-28-30-33-43-35-37(36-45-47(41,42)44-34-32-39)46-38(40)31-29-27-10-8-6-4-2/h13-14,16-17,19-20,37H,3-12,15,18,21-36,39H2,1-2H3,(H,41,42)/b14-13-,17-16-,20-19-. The number of phosphoric ester groups is 1. The molecule has 0 aromatic heterocycles. The van der Waals surface area contributed by atoms with E-state index in [9.17, 15) is 14.3 Å². The predicted octanol–water partition coefficient (Wildman–Crippen LogP) is 10.7. The monoisotopic (exact) mass is 686 g/mol. The first kappa shape index (κ1) is 45.7. The molecule has 0 aromatic rings. The summed E-state index contributed by atoms with van der Waals surface area (Å²) < 4.78 is 33.1. The molecule has 0 spiro atoms. The molecule has 0 aliphatic heterocycles. The van der Waals surface area contributed by atoms with Gasteiger partial charge in [0.25, 0.3) is 0 Å². The molecule has 8 nitrogen and oxygen atoms in total. The van der Waals surface area contributed by atoms with Crippen LogP contribution in [0.25, 0.3) is 0 Å².